The maximum absolute atomic E-state index is 13.4. The van der Waals surface area contributed by atoms with Crippen LogP contribution in [0, 0.1) is 20.8 Å². The molecule has 1 aromatic carbocycles. The van der Waals surface area contributed by atoms with E-state index >= 15 is 0 Å². The second kappa shape index (κ2) is 9.91. The Balaban J connectivity index is 1.44. The largest absolute Gasteiger partial charge is 0.495 e. The number of fused-ring (bicyclic) bond motifs is 1. The van der Waals surface area contributed by atoms with Crippen LogP contribution in [0.3, 0.4) is 0 Å². The maximum atomic E-state index is 13.4. The number of rotatable bonds is 5. The molecule has 0 spiro atoms. The fourth-order valence-electron chi connectivity index (χ4n) is 4.46. The predicted molar refractivity (Wildman–Crippen MR) is 146 cm³/mol. The first-order valence-electron chi connectivity index (χ1n) is 11.7. The van der Waals surface area contributed by atoms with Crippen molar-refractivity contribution < 1.29 is 9.53 Å². The Morgan fingerprint density at radius 2 is 1.83 bits per heavy atom. The van der Waals surface area contributed by atoms with Crippen LogP contribution in [-0.2, 0) is 0 Å². The van der Waals surface area contributed by atoms with E-state index in [1.807, 2.05) is 51.2 Å². The minimum Gasteiger partial charge on any atom is -0.495 e. The third-order valence-electron chi connectivity index (χ3n) is 6.37. The first-order valence-corrected chi connectivity index (χ1v) is 12.9. The SMILES string of the molecule is COc1cc(Cl)c(C)cc1NC(=O)c1sc2nc(C)nc(N3CCN(c4ccccn4)CC3)c2c1C. The van der Waals surface area contributed by atoms with Crippen LogP contribution in [0.1, 0.15) is 26.6 Å². The summed E-state index contributed by atoms with van der Waals surface area (Å²) in [6.45, 7) is 9.04. The first-order chi connectivity index (χ1) is 17.4. The van der Waals surface area contributed by atoms with E-state index in [-0.39, 0.29) is 5.91 Å². The first kappa shape index (κ1) is 24.3. The molecule has 10 heteroatoms. The molecule has 1 aliphatic heterocycles. The molecule has 1 saturated heterocycles. The van der Waals surface area contributed by atoms with Gasteiger partial charge in [-0.25, -0.2) is 15.0 Å². The van der Waals surface area contributed by atoms with Crippen molar-refractivity contribution in [2.45, 2.75) is 20.8 Å². The van der Waals surface area contributed by atoms with Crippen molar-refractivity contribution in [1.82, 2.24) is 15.0 Å². The third kappa shape index (κ3) is 4.56. The molecule has 1 fully saturated rings. The Kier molecular flexibility index (Phi) is 6.68. The summed E-state index contributed by atoms with van der Waals surface area (Å²) >= 11 is 7.61. The highest BCUT2D eigenvalue weighted by Gasteiger charge is 2.26. The van der Waals surface area contributed by atoms with Crippen LogP contribution >= 0.6 is 22.9 Å². The smallest absolute Gasteiger partial charge is 0.266 e. The average Bonchev–Trinajstić information content (AvgIpc) is 3.22. The molecule has 0 saturated carbocycles. The van der Waals surface area contributed by atoms with Crippen LogP contribution < -0.4 is 19.9 Å². The molecular weight excluding hydrogens is 496 g/mol. The maximum Gasteiger partial charge on any atom is 0.266 e. The molecule has 0 atom stereocenters. The van der Waals surface area contributed by atoms with Crippen molar-refractivity contribution in [1.29, 1.82) is 0 Å². The number of pyridine rings is 1. The quantitative estimate of drug-likeness (QED) is 0.383. The summed E-state index contributed by atoms with van der Waals surface area (Å²) < 4.78 is 5.43. The van der Waals surface area contributed by atoms with Crippen molar-refractivity contribution in [2.24, 2.45) is 0 Å². The number of thiophene rings is 1. The summed E-state index contributed by atoms with van der Waals surface area (Å²) in [6.07, 6.45) is 1.82. The lowest BCUT2D eigenvalue weighted by Gasteiger charge is -2.36. The number of anilines is 3. The van der Waals surface area contributed by atoms with Gasteiger partial charge in [0.2, 0.25) is 0 Å². The molecule has 4 aromatic rings. The lowest BCUT2D eigenvalue weighted by Crippen LogP contribution is -2.47. The van der Waals surface area contributed by atoms with E-state index in [4.69, 9.17) is 21.3 Å². The van der Waals surface area contributed by atoms with Gasteiger partial charge in [0, 0.05) is 43.5 Å². The van der Waals surface area contributed by atoms with Crippen molar-refractivity contribution >= 4 is 56.4 Å². The van der Waals surface area contributed by atoms with Crippen LogP contribution in [0.15, 0.2) is 36.5 Å². The van der Waals surface area contributed by atoms with E-state index in [9.17, 15) is 4.79 Å². The van der Waals surface area contributed by atoms with Crippen LogP contribution in [0.5, 0.6) is 5.75 Å². The summed E-state index contributed by atoms with van der Waals surface area (Å²) in [6, 6.07) is 9.50. The number of nitrogens with zero attached hydrogens (tertiary/aromatic N) is 5. The summed E-state index contributed by atoms with van der Waals surface area (Å²) in [5.74, 6) is 2.86. The Morgan fingerprint density at radius 3 is 2.53 bits per heavy atom. The van der Waals surface area contributed by atoms with Gasteiger partial charge in [-0.1, -0.05) is 17.7 Å². The summed E-state index contributed by atoms with van der Waals surface area (Å²) in [4.78, 5) is 33.3. The average molecular weight is 523 g/mol. The number of halogens is 1. The van der Waals surface area contributed by atoms with Crippen molar-refractivity contribution in [3.8, 4) is 5.75 Å². The standard InChI is InChI=1S/C26H27ClN6O2S/c1-15-13-19(20(35-4)14-18(15)27)31-25(34)23-16(2)22-24(29-17(3)30-26(22)36-23)33-11-9-32(10-12-33)21-7-5-6-8-28-21/h5-8,13-14H,9-12H2,1-4H3,(H,31,34). The minimum atomic E-state index is -0.209. The van der Waals surface area contributed by atoms with Gasteiger partial charge in [0.25, 0.3) is 5.91 Å². The topological polar surface area (TPSA) is 83.5 Å². The van der Waals surface area contributed by atoms with Gasteiger partial charge in [0.15, 0.2) is 0 Å². The van der Waals surface area contributed by atoms with Crippen LogP contribution in [0.2, 0.25) is 5.02 Å². The number of nitrogens with one attached hydrogen (secondary N) is 1. The van der Waals surface area contributed by atoms with Gasteiger partial charge in [-0.2, -0.15) is 0 Å². The molecule has 8 nitrogen and oxygen atoms in total. The van der Waals surface area contributed by atoms with E-state index < -0.39 is 0 Å². The van der Waals surface area contributed by atoms with Gasteiger partial charge in [0.05, 0.1) is 23.1 Å². The number of hydrogen-bond donors (Lipinski definition) is 1. The zero-order valence-electron chi connectivity index (χ0n) is 20.6. The second-order valence-electron chi connectivity index (χ2n) is 8.75. The van der Waals surface area contributed by atoms with Crippen LogP contribution in [0.25, 0.3) is 10.2 Å². The zero-order chi connectivity index (χ0) is 25.4. The van der Waals surface area contributed by atoms with E-state index in [2.05, 4.69) is 25.1 Å². The number of hydrogen-bond acceptors (Lipinski definition) is 8. The number of amides is 1. The molecule has 0 radical (unpaired) electrons. The van der Waals surface area contributed by atoms with E-state index in [1.54, 1.807) is 13.2 Å². The highest BCUT2D eigenvalue weighted by Crippen LogP contribution is 2.37. The monoisotopic (exact) mass is 522 g/mol. The van der Waals surface area contributed by atoms with Gasteiger partial charge in [-0.15, -0.1) is 11.3 Å². The number of carbonyl (C=O) groups is 1. The second-order valence-corrected chi connectivity index (χ2v) is 10.2. The molecule has 1 N–H and O–H groups in total. The summed E-state index contributed by atoms with van der Waals surface area (Å²) in [7, 11) is 1.56. The highest BCUT2D eigenvalue weighted by atomic mass is 35.5. The minimum absolute atomic E-state index is 0.209. The number of aromatic nitrogens is 3. The van der Waals surface area contributed by atoms with Gasteiger partial charge >= 0.3 is 0 Å². The summed E-state index contributed by atoms with van der Waals surface area (Å²) in [5, 5.41) is 4.51. The lowest BCUT2D eigenvalue weighted by atomic mass is 10.1. The highest BCUT2D eigenvalue weighted by molar-refractivity contribution is 7.20. The number of benzene rings is 1. The Morgan fingerprint density at radius 1 is 1.08 bits per heavy atom. The van der Waals surface area contributed by atoms with Gasteiger partial charge in [0.1, 0.15) is 28.0 Å². The predicted octanol–water partition coefficient (Wildman–Crippen LogP) is 5.25. The van der Waals surface area contributed by atoms with Gasteiger partial charge < -0.3 is 19.9 Å². The number of piperazine rings is 1. The molecule has 0 unspecified atom stereocenters. The Bertz CT molecular complexity index is 1430. The molecule has 5 rings (SSSR count). The summed E-state index contributed by atoms with van der Waals surface area (Å²) in [5.41, 5.74) is 2.31. The van der Waals surface area contributed by atoms with Crippen molar-refractivity contribution in [2.75, 3.05) is 48.4 Å². The van der Waals surface area contributed by atoms with E-state index in [0.717, 1.165) is 59.2 Å². The van der Waals surface area contributed by atoms with Crippen LogP contribution in [0.4, 0.5) is 17.3 Å². The Hall–Kier alpha value is -3.43. The molecule has 1 amide bonds. The molecule has 0 aliphatic carbocycles. The zero-order valence-corrected chi connectivity index (χ0v) is 22.2. The normalized spacial score (nSPS) is 13.8. The van der Waals surface area contributed by atoms with Gasteiger partial charge in [-0.05, 0) is 50.1 Å². The molecule has 4 heterocycles. The fourth-order valence-corrected chi connectivity index (χ4v) is 5.73. The molecule has 1 aliphatic rings. The third-order valence-corrected chi connectivity index (χ3v) is 7.96. The number of ether oxygens (including phenoxy) is 1. The molecular formula is C26H27ClN6O2S. The van der Waals surface area contributed by atoms with E-state index in [1.165, 1.54) is 11.3 Å². The van der Waals surface area contributed by atoms with Crippen molar-refractivity contribution in [3.63, 3.8) is 0 Å². The molecule has 186 valence electrons. The number of carbonyl (C=O) groups excluding carboxylic acids is 1. The molecule has 36 heavy (non-hydrogen) atoms. The van der Waals surface area contributed by atoms with Crippen LogP contribution in [-0.4, -0.2) is 54.1 Å². The Labute approximate surface area is 218 Å². The number of methoxy groups -OCH3 is 1. The molecule has 3 aromatic heterocycles. The van der Waals surface area contributed by atoms with Gasteiger partial charge in [-0.3, -0.25) is 4.79 Å². The molecule has 0 bridgehead atoms. The van der Waals surface area contributed by atoms with E-state index in [0.29, 0.717) is 27.2 Å². The van der Waals surface area contributed by atoms with Crippen molar-refractivity contribution in [3.05, 3.63) is 63.4 Å². The lowest BCUT2D eigenvalue weighted by molar-refractivity contribution is 0.102. The number of aryl methyl sites for hydroxylation is 3. The fraction of sp³-hybridized carbons (Fsp3) is 0.308.